The molecule has 132 valence electrons. The Morgan fingerprint density at radius 3 is 2.32 bits per heavy atom. The Labute approximate surface area is 150 Å². The van der Waals surface area contributed by atoms with E-state index in [-0.39, 0.29) is 5.91 Å². The second kappa shape index (κ2) is 8.17. The summed E-state index contributed by atoms with van der Waals surface area (Å²) in [6.45, 7) is 8.99. The quantitative estimate of drug-likeness (QED) is 0.840. The Morgan fingerprint density at radius 2 is 1.64 bits per heavy atom. The highest BCUT2D eigenvalue weighted by molar-refractivity contribution is 5.94. The van der Waals surface area contributed by atoms with Crippen LogP contribution in [0.5, 0.6) is 5.75 Å². The Hall–Kier alpha value is -2.33. The smallest absolute Gasteiger partial charge is 0.253 e. The van der Waals surface area contributed by atoms with E-state index in [0.29, 0.717) is 6.61 Å². The number of ether oxygens (including phenoxy) is 1. The molecule has 4 heteroatoms. The normalized spacial score (nSPS) is 15.2. The number of hydrogen-bond donors (Lipinski definition) is 0. The Kier molecular flexibility index (Phi) is 5.71. The predicted molar refractivity (Wildman–Crippen MR) is 100 cm³/mol. The molecule has 3 rings (SSSR count). The number of aryl methyl sites for hydroxylation is 2. The average Bonchev–Trinajstić information content (AvgIpc) is 2.62. The second-order valence-electron chi connectivity index (χ2n) is 6.67. The Morgan fingerprint density at radius 1 is 0.960 bits per heavy atom. The first kappa shape index (κ1) is 17.5. The molecule has 1 saturated heterocycles. The molecule has 0 saturated carbocycles. The summed E-state index contributed by atoms with van der Waals surface area (Å²) in [7, 11) is 0. The molecule has 0 aromatic heterocycles. The Bertz CT molecular complexity index is 721. The fraction of sp³-hybridized carbons (Fsp3) is 0.381. The first-order valence-electron chi connectivity index (χ1n) is 8.89. The van der Waals surface area contributed by atoms with Crippen molar-refractivity contribution in [3.8, 4) is 5.75 Å². The summed E-state index contributed by atoms with van der Waals surface area (Å²) in [6, 6.07) is 16.0. The molecule has 1 heterocycles. The van der Waals surface area contributed by atoms with Gasteiger partial charge in [-0.25, -0.2) is 0 Å². The lowest BCUT2D eigenvalue weighted by atomic mass is 10.1. The molecule has 0 aliphatic carbocycles. The zero-order chi connectivity index (χ0) is 17.6. The van der Waals surface area contributed by atoms with E-state index in [4.69, 9.17) is 4.74 Å². The van der Waals surface area contributed by atoms with Crippen LogP contribution in [0.3, 0.4) is 0 Å². The first-order chi connectivity index (χ1) is 12.1. The number of piperazine rings is 1. The number of hydrogen-bond acceptors (Lipinski definition) is 3. The van der Waals surface area contributed by atoms with Gasteiger partial charge in [-0.3, -0.25) is 9.69 Å². The number of amides is 1. The molecular weight excluding hydrogens is 312 g/mol. The van der Waals surface area contributed by atoms with Gasteiger partial charge in [-0.15, -0.1) is 0 Å². The summed E-state index contributed by atoms with van der Waals surface area (Å²) < 4.78 is 5.82. The van der Waals surface area contributed by atoms with E-state index in [2.05, 4.69) is 24.0 Å². The zero-order valence-corrected chi connectivity index (χ0v) is 15.1. The van der Waals surface area contributed by atoms with Crippen LogP contribution >= 0.6 is 0 Å². The van der Waals surface area contributed by atoms with Crippen molar-refractivity contribution in [1.29, 1.82) is 0 Å². The lowest BCUT2D eigenvalue weighted by Crippen LogP contribution is -2.49. The van der Waals surface area contributed by atoms with Crippen molar-refractivity contribution in [2.45, 2.75) is 13.8 Å². The van der Waals surface area contributed by atoms with Gasteiger partial charge < -0.3 is 9.64 Å². The van der Waals surface area contributed by atoms with Crippen LogP contribution < -0.4 is 4.74 Å². The van der Waals surface area contributed by atoms with E-state index < -0.39 is 0 Å². The van der Waals surface area contributed by atoms with Crippen molar-refractivity contribution in [3.05, 3.63) is 65.2 Å². The van der Waals surface area contributed by atoms with Crippen LogP contribution in [0, 0.1) is 13.8 Å². The average molecular weight is 338 g/mol. The Balaban J connectivity index is 1.43. The SMILES string of the molecule is Cc1cccc(OCCN2CCN(C(=O)c3cccc(C)c3)CC2)c1. The standard InChI is InChI=1S/C21H26N2O2/c1-17-5-3-7-19(15-17)21(24)23-11-9-22(10-12-23)13-14-25-20-8-4-6-18(2)16-20/h3-8,15-16H,9-14H2,1-2H3. The lowest BCUT2D eigenvalue weighted by molar-refractivity contribution is 0.0620. The van der Waals surface area contributed by atoms with E-state index in [1.165, 1.54) is 5.56 Å². The summed E-state index contributed by atoms with van der Waals surface area (Å²) >= 11 is 0. The maximum atomic E-state index is 12.6. The molecule has 2 aromatic carbocycles. The number of carbonyl (C=O) groups is 1. The molecule has 1 aliphatic heterocycles. The molecule has 0 unspecified atom stereocenters. The van der Waals surface area contributed by atoms with Crippen LogP contribution in [-0.2, 0) is 0 Å². The van der Waals surface area contributed by atoms with Gasteiger partial charge in [-0.05, 0) is 43.7 Å². The van der Waals surface area contributed by atoms with Crippen molar-refractivity contribution in [2.24, 2.45) is 0 Å². The number of rotatable bonds is 5. The minimum Gasteiger partial charge on any atom is -0.492 e. The van der Waals surface area contributed by atoms with Gasteiger partial charge in [0.25, 0.3) is 5.91 Å². The molecule has 2 aromatic rings. The molecule has 1 amide bonds. The number of benzene rings is 2. The molecule has 4 nitrogen and oxygen atoms in total. The molecule has 0 N–H and O–H groups in total. The molecule has 1 fully saturated rings. The third-order valence-corrected chi connectivity index (χ3v) is 4.59. The van der Waals surface area contributed by atoms with Crippen molar-refractivity contribution < 1.29 is 9.53 Å². The highest BCUT2D eigenvalue weighted by atomic mass is 16.5. The van der Waals surface area contributed by atoms with Gasteiger partial charge in [0.1, 0.15) is 12.4 Å². The number of carbonyl (C=O) groups excluding carboxylic acids is 1. The van der Waals surface area contributed by atoms with Crippen LogP contribution in [0.15, 0.2) is 48.5 Å². The van der Waals surface area contributed by atoms with Crippen LogP contribution in [0.25, 0.3) is 0 Å². The van der Waals surface area contributed by atoms with Crippen LogP contribution in [-0.4, -0.2) is 55.0 Å². The van der Waals surface area contributed by atoms with Crippen molar-refractivity contribution in [2.75, 3.05) is 39.3 Å². The molecule has 0 radical (unpaired) electrons. The van der Waals surface area contributed by atoms with Gasteiger partial charge in [0.15, 0.2) is 0 Å². The van der Waals surface area contributed by atoms with Crippen molar-refractivity contribution in [1.82, 2.24) is 9.80 Å². The topological polar surface area (TPSA) is 32.8 Å². The summed E-state index contributed by atoms with van der Waals surface area (Å²) in [6.07, 6.45) is 0. The highest BCUT2D eigenvalue weighted by Crippen LogP contribution is 2.13. The van der Waals surface area contributed by atoms with Gasteiger partial charge >= 0.3 is 0 Å². The summed E-state index contributed by atoms with van der Waals surface area (Å²) in [5, 5.41) is 0. The van der Waals surface area contributed by atoms with Crippen LogP contribution in [0.4, 0.5) is 0 Å². The van der Waals surface area contributed by atoms with Crippen molar-refractivity contribution >= 4 is 5.91 Å². The zero-order valence-electron chi connectivity index (χ0n) is 15.1. The summed E-state index contributed by atoms with van der Waals surface area (Å²) in [5.41, 5.74) is 3.12. The van der Waals surface area contributed by atoms with Crippen molar-refractivity contribution in [3.63, 3.8) is 0 Å². The second-order valence-corrected chi connectivity index (χ2v) is 6.67. The molecular formula is C21H26N2O2. The fourth-order valence-electron chi connectivity index (χ4n) is 3.13. The third kappa shape index (κ3) is 4.83. The molecule has 0 spiro atoms. The van der Waals surface area contributed by atoms with Gasteiger partial charge in [0.2, 0.25) is 0 Å². The summed E-state index contributed by atoms with van der Waals surface area (Å²) in [4.78, 5) is 16.9. The first-order valence-corrected chi connectivity index (χ1v) is 8.89. The van der Waals surface area contributed by atoms with Gasteiger partial charge in [0, 0.05) is 38.3 Å². The highest BCUT2D eigenvalue weighted by Gasteiger charge is 2.21. The third-order valence-electron chi connectivity index (χ3n) is 4.59. The van der Waals surface area contributed by atoms with E-state index in [9.17, 15) is 4.79 Å². The molecule has 0 atom stereocenters. The minimum absolute atomic E-state index is 0.138. The van der Waals surface area contributed by atoms with E-state index in [1.54, 1.807) is 0 Å². The summed E-state index contributed by atoms with van der Waals surface area (Å²) in [5.74, 6) is 1.06. The maximum absolute atomic E-state index is 12.6. The molecule has 0 bridgehead atoms. The van der Waals surface area contributed by atoms with Gasteiger partial charge in [0.05, 0.1) is 0 Å². The van der Waals surface area contributed by atoms with E-state index >= 15 is 0 Å². The fourth-order valence-corrected chi connectivity index (χ4v) is 3.13. The van der Waals surface area contributed by atoms with E-state index in [1.807, 2.05) is 48.2 Å². The largest absolute Gasteiger partial charge is 0.492 e. The van der Waals surface area contributed by atoms with Crippen LogP contribution in [0.2, 0.25) is 0 Å². The van der Waals surface area contributed by atoms with E-state index in [0.717, 1.165) is 49.6 Å². The molecule has 25 heavy (non-hydrogen) atoms. The predicted octanol–water partition coefficient (Wildman–Crippen LogP) is 3.14. The maximum Gasteiger partial charge on any atom is 0.253 e. The van der Waals surface area contributed by atoms with Gasteiger partial charge in [-0.2, -0.15) is 0 Å². The number of nitrogens with zero attached hydrogens (tertiary/aromatic N) is 2. The monoisotopic (exact) mass is 338 g/mol. The minimum atomic E-state index is 0.138. The lowest BCUT2D eigenvalue weighted by Gasteiger charge is -2.34. The van der Waals surface area contributed by atoms with Gasteiger partial charge in [-0.1, -0.05) is 29.8 Å². The molecule has 1 aliphatic rings. The van der Waals surface area contributed by atoms with Crippen LogP contribution in [0.1, 0.15) is 21.5 Å².